The summed E-state index contributed by atoms with van der Waals surface area (Å²) >= 11 is 1.40. The highest BCUT2D eigenvalue weighted by Gasteiger charge is 2.17. The number of aromatic amines is 1. The molecule has 0 spiro atoms. The Kier molecular flexibility index (Phi) is 3.97. The normalized spacial score (nSPS) is 13.4. The standard InChI is InChI=1S/C16H18N6OS/c1-10-4-5-11-12(7-10)19-16(18-11)24-9-15(23)17-8-14-21-20-13-3-2-6-22(13)14/h4-5,7H,2-3,6,8-9H2,1H3,(H,17,23)(H,18,19). The average Bonchev–Trinajstić information content (AvgIpc) is 3.25. The molecule has 1 aliphatic rings. The Bertz CT molecular complexity index is 899. The molecule has 0 aliphatic carbocycles. The number of rotatable bonds is 5. The molecular weight excluding hydrogens is 324 g/mol. The topological polar surface area (TPSA) is 88.5 Å². The number of amides is 1. The van der Waals surface area contributed by atoms with E-state index in [1.165, 1.54) is 17.3 Å². The zero-order valence-corrected chi connectivity index (χ0v) is 14.2. The number of hydrogen-bond donors (Lipinski definition) is 2. The zero-order chi connectivity index (χ0) is 16.5. The average molecular weight is 342 g/mol. The summed E-state index contributed by atoms with van der Waals surface area (Å²) in [5.74, 6) is 2.14. The molecule has 0 radical (unpaired) electrons. The van der Waals surface area contributed by atoms with Crippen LogP contribution in [-0.2, 0) is 24.3 Å². The molecule has 2 aromatic heterocycles. The van der Waals surface area contributed by atoms with Crippen molar-refractivity contribution in [3.8, 4) is 0 Å². The van der Waals surface area contributed by atoms with Crippen LogP contribution in [0.5, 0.6) is 0 Å². The van der Waals surface area contributed by atoms with E-state index in [-0.39, 0.29) is 5.91 Å². The molecule has 0 saturated carbocycles. The number of nitrogens with one attached hydrogen (secondary N) is 2. The smallest absolute Gasteiger partial charge is 0.230 e. The minimum Gasteiger partial charge on any atom is -0.348 e. The number of fused-ring (bicyclic) bond motifs is 2. The van der Waals surface area contributed by atoms with Crippen molar-refractivity contribution in [3.63, 3.8) is 0 Å². The minimum absolute atomic E-state index is 0.0352. The van der Waals surface area contributed by atoms with Gasteiger partial charge < -0.3 is 14.9 Å². The van der Waals surface area contributed by atoms with Crippen molar-refractivity contribution in [3.05, 3.63) is 35.4 Å². The number of hydrogen-bond acceptors (Lipinski definition) is 5. The first-order chi connectivity index (χ1) is 11.7. The van der Waals surface area contributed by atoms with E-state index in [4.69, 9.17) is 0 Å². The van der Waals surface area contributed by atoms with Crippen LogP contribution in [0.1, 0.15) is 23.6 Å². The Morgan fingerprint density at radius 1 is 1.42 bits per heavy atom. The molecule has 2 N–H and O–H groups in total. The van der Waals surface area contributed by atoms with Crippen LogP contribution >= 0.6 is 11.8 Å². The molecule has 0 unspecified atom stereocenters. The molecule has 8 heteroatoms. The van der Waals surface area contributed by atoms with Crippen molar-refractivity contribution in [1.29, 1.82) is 0 Å². The molecule has 0 saturated heterocycles. The Morgan fingerprint density at radius 2 is 2.33 bits per heavy atom. The SMILES string of the molecule is Cc1ccc2nc(SCC(=O)NCc3nnc4n3CCC4)[nH]c2c1. The fourth-order valence-corrected chi connectivity index (χ4v) is 3.59. The lowest BCUT2D eigenvalue weighted by Gasteiger charge is -2.05. The van der Waals surface area contributed by atoms with E-state index in [0.717, 1.165) is 47.2 Å². The minimum atomic E-state index is -0.0352. The van der Waals surface area contributed by atoms with E-state index in [0.29, 0.717) is 12.3 Å². The summed E-state index contributed by atoms with van der Waals surface area (Å²) in [5.41, 5.74) is 3.10. The third-order valence-corrected chi connectivity index (χ3v) is 4.96. The first-order valence-corrected chi connectivity index (χ1v) is 8.94. The molecule has 0 fully saturated rings. The monoisotopic (exact) mass is 342 g/mol. The molecule has 0 bridgehead atoms. The highest BCUT2D eigenvalue weighted by Crippen LogP contribution is 2.20. The first-order valence-electron chi connectivity index (χ1n) is 7.96. The summed E-state index contributed by atoms with van der Waals surface area (Å²) < 4.78 is 2.09. The molecule has 0 atom stereocenters. The van der Waals surface area contributed by atoms with Gasteiger partial charge in [0.1, 0.15) is 5.82 Å². The van der Waals surface area contributed by atoms with E-state index >= 15 is 0 Å². The lowest BCUT2D eigenvalue weighted by atomic mass is 10.2. The van der Waals surface area contributed by atoms with Crippen molar-refractivity contribution in [2.45, 2.75) is 38.0 Å². The van der Waals surface area contributed by atoms with E-state index in [1.54, 1.807) is 0 Å². The zero-order valence-electron chi connectivity index (χ0n) is 13.4. The molecule has 1 aliphatic heterocycles. The summed E-state index contributed by atoms with van der Waals surface area (Å²) in [5, 5.41) is 11.9. The van der Waals surface area contributed by atoms with Gasteiger partial charge in [-0.15, -0.1) is 10.2 Å². The maximum Gasteiger partial charge on any atom is 0.230 e. The second-order valence-corrected chi connectivity index (χ2v) is 6.88. The van der Waals surface area contributed by atoms with Crippen LogP contribution in [0.25, 0.3) is 11.0 Å². The number of nitrogens with zero attached hydrogens (tertiary/aromatic N) is 4. The van der Waals surface area contributed by atoms with Crippen LogP contribution < -0.4 is 5.32 Å². The first kappa shape index (κ1) is 15.2. The number of H-pyrrole nitrogens is 1. The van der Waals surface area contributed by atoms with Gasteiger partial charge in [-0.2, -0.15) is 0 Å². The molecule has 1 amide bonds. The second-order valence-electron chi connectivity index (χ2n) is 5.92. The second kappa shape index (κ2) is 6.27. The molecule has 3 heterocycles. The number of benzene rings is 1. The van der Waals surface area contributed by atoms with Crippen molar-refractivity contribution in [2.75, 3.05) is 5.75 Å². The van der Waals surface area contributed by atoms with Crippen LogP contribution in [0.15, 0.2) is 23.4 Å². The lowest BCUT2D eigenvalue weighted by Crippen LogP contribution is -2.26. The highest BCUT2D eigenvalue weighted by molar-refractivity contribution is 7.99. The van der Waals surface area contributed by atoms with Crippen molar-refractivity contribution >= 4 is 28.7 Å². The Morgan fingerprint density at radius 3 is 3.25 bits per heavy atom. The van der Waals surface area contributed by atoms with Gasteiger partial charge in [0.2, 0.25) is 5.91 Å². The van der Waals surface area contributed by atoms with Gasteiger partial charge >= 0.3 is 0 Å². The van der Waals surface area contributed by atoms with Gasteiger partial charge in [0, 0.05) is 13.0 Å². The number of aryl methyl sites for hydroxylation is 2. The van der Waals surface area contributed by atoms with Crippen LogP contribution in [-0.4, -0.2) is 36.4 Å². The van der Waals surface area contributed by atoms with E-state index in [2.05, 4.69) is 36.1 Å². The van der Waals surface area contributed by atoms with Crippen LogP contribution in [0.4, 0.5) is 0 Å². The summed E-state index contributed by atoms with van der Waals surface area (Å²) in [6.45, 7) is 3.41. The van der Waals surface area contributed by atoms with Gasteiger partial charge in [0.25, 0.3) is 0 Å². The fraction of sp³-hybridized carbons (Fsp3) is 0.375. The summed E-state index contributed by atoms with van der Waals surface area (Å²) in [7, 11) is 0. The third-order valence-electron chi connectivity index (χ3n) is 4.09. The Balaban J connectivity index is 1.32. The lowest BCUT2D eigenvalue weighted by molar-refractivity contribution is -0.118. The molecule has 124 valence electrons. The largest absolute Gasteiger partial charge is 0.348 e. The van der Waals surface area contributed by atoms with E-state index < -0.39 is 0 Å². The van der Waals surface area contributed by atoms with Crippen LogP contribution in [0.3, 0.4) is 0 Å². The molecule has 7 nitrogen and oxygen atoms in total. The summed E-state index contributed by atoms with van der Waals surface area (Å²) in [4.78, 5) is 19.8. The van der Waals surface area contributed by atoms with Gasteiger partial charge in [-0.3, -0.25) is 4.79 Å². The number of aromatic nitrogens is 5. The molecule has 24 heavy (non-hydrogen) atoms. The number of carbonyl (C=O) groups is 1. The summed E-state index contributed by atoms with van der Waals surface area (Å²) in [6, 6.07) is 6.07. The third kappa shape index (κ3) is 3.01. The maximum absolute atomic E-state index is 12.0. The van der Waals surface area contributed by atoms with Gasteiger partial charge in [0.15, 0.2) is 11.0 Å². The fourth-order valence-electron chi connectivity index (χ4n) is 2.87. The maximum atomic E-state index is 12.0. The summed E-state index contributed by atoms with van der Waals surface area (Å²) in [6.07, 6.45) is 2.08. The quantitative estimate of drug-likeness (QED) is 0.691. The van der Waals surface area contributed by atoms with Crippen LogP contribution in [0, 0.1) is 6.92 Å². The van der Waals surface area contributed by atoms with Gasteiger partial charge in [-0.25, -0.2) is 4.98 Å². The Hall–Kier alpha value is -2.35. The number of thioether (sulfide) groups is 1. The van der Waals surface area contributed by atoms with E-state index in [1.807, 2.05) is 19.1 Å². The molecule has 3 aromatic rings. The van der Waals surface area contributed by atoms with Crippen molar-refractivity contribution in [1.82, 2.24) is 30.0 Å². The van der Waals surface area contributed by atoms with Gasteiger partial charge in [0.05, 0.1) is 23.3 Å². The van der Waals surface area contributed by atoms with Crippen molar-refractivity contribution < 1.29 is 4.79 Å². The highest BCUT2D eigenvalue weighted by atomic mass is 32.2. The van der Waals surface area contributed by atoms with Crippen LogP contribution in [0.2, 0.25) is 0 Å². The van der Waals surface area contributed by atoms with E-state index in [9.17, 15) is 4.79 Å². The number of carbonyl (C=O) groups excluding carboxylic acids is 1. The number of imidazole rings is 1. The predicted octanol–water partition coefficient (Wildman–Crippen LogP) is 1.82. The molecular formula is C16H18N6OS. The molecule has 4 rings (SSSR count). The van der Waals surface area contributed by atoms with Gasteiger partial charge in [-0.05, 0) is 31.0 Å². The van der Waals surface area contributed by atoms with Gasteiger partial charge in [-0.1, -0.05) is 17.8 Å². The van der Waals surface area contributed by atoms with Crippen molar-refractivity contribution in [2.24, 2.45) is 0 Å². The Labute approximate surface area is 143 Å². The molecule has 1 aromatic carbocycles. The predicted molar refractivity (Wildman–Crippen MR) is 91.7 cm³/mol.